The zero-order valence-electron chi connectivity index (χ0n) is 12.9. The molecule has 3 heterocycles. The highest BCUT2D eigenvalue weighted by atomic mass is 16.4. The molecular weight excluding hydrogens is 252 g/mol. The predicted octanol–water partition coefficient (Wildman–Crippen LogP) is 1.06. The van der Waals surface area contributed by atoms with Crippen LogP contribution in [0.4, 0.5) is 0 Å². The van der Waals surface area contributed by atoms with Gasteiger partial charge in [-0.1, -0.05) is 20.8 Å². The van der Waals surface area contributed by atoms with Crippen LogP contribution in [0.3, 0.4) is 0 Å². The van der Waals surface area contributed by atoms with Gasteiger partial charge in [0, 0.05) is 50.7 Å². The maximum Gasteiger partial charge on any atom is 0.208 e. The average molecular weight is 278 g/mol. The van der Waals surface area contributed by atoms with E-state index in [1.54, 1.807) is 0 Å². The Labute approximate surface area is 121 Å². The van der Waals surface area contributed by atoms with Crippen LogP contribution in [0.2, 0.25) is 0 Å². The van der Waals surface area contributed by atoms with Gasteiger partial charge >= 0.3 is 0 Å². The van der Waals surface area contributed by atoms with Crippen LogP contribution in [-0.4, -0.2) is 60.1 Å². The van der Waals surface area contributed by atoms with Gasteiger partial charge in [0.15, 0.2) is 0 Å². The van der Waals surface area contributed by atoms with Gasteiger partial charge in [-0.3, -0.25) is 9.80 Å². The van der Waals surface area contributed by atoms with E-state index in [2.05, 4.69) is 40.9 Å². The van der Waals surface area contributed by atoms with Gasteiger partial charge < -0.3 is 9.73 Å². The average Bonchev–Trinajstić information content (AvgIpc) is 2.78. The molecule has 5 heteroatoms. The number of nitrogens with one attached hydrogen (secondary N) is 1. The summed E-state index contributed by atoms with van der Waals surface area (Å²) in [6.45, 7) is 14.2. The van der Waals surface area contributed by atoms with Crippen molar-refractivity contribution in [3.63, 3.8) is 0 Å². The van der Waals surface area contributed by atoms with Crippen molar-refractivity contribution in [2.45, 2.75) is 38.8 Å². The molecule has 0 aliphatic carbocycles. The van der Waals surface area contributed by atoms with E-state index in [9.17, 15) is 0 Å². The lowest BCUT2D eigenvalue weighted by atomic mass is 9.94. The van der Waals surface area contributed by atoms with Crippen molar-refractivity contribution in [2.24, 2.45) is 0 Å². The Bertz CT molecular complexity index is 439. The number of hydrogen-bond acceptors (Lipinski definition) is 5. The lowest BCUT2D eigenvalue weighted by molar-refractivity contribution is 0.0653. The van der Waals surface area contributed by atoms with Gasteiger partial charge in [-0.05, 0) is 0 Å². The summed E-state index contributed by atoms with van der Waals surface area (Å²) in [5.41, 5.74) is 0.0428. The van der Waals surface area contributed by atoms with Crippen LogP contribution in [0.1, 0.15) is 32.4 Å². The molecule has 0 atom stereocenters. The molecule has 2 fully saturated rings. The molecule has 0 amide bonds. The molecule has 20 heavy (non-hydrogen) atoms. The minimum Gasteiger partial charge on any atom is -0.444 e. The van der Waals surface area contributed by atoms with Crippen molar-refractivity contribution >= 4 is 0 Å². The molecular formula is C15H26N4O. The largest absolute Gasteiger partial charge is 0.444 e. The fourth-order valence-corrected chi connectivity index (χ4v) is 2.74. The van der Waals surface area contributed by atoms with Gasteiger partial charge in [0.1, 0.15) is 5.76 Å². The summed E-state index contributed by atoms with van der Waals surface area (Å²) in [6.07, 6.45) is 1.88. The number of hydrogen-bond donors (Lipinski definition) is 1. The normalized spacial score (nSPS) is 22.9. The Morgan fingerprint density at radius 2 is 1.95 bits per heavy atom. The summed E-state index contributed by atoms with van der Waals surface area (Å²) >= 11 is 0. The standard InChI is InChI=1S/C15H26N4O/c1-15(2,3)13-10-17-14(20-13)11-18-4-6-19(7-5-18)12-8-16-9-12/h10,12,16H,4-9,11H2,1-3H3. The molecule has 2 saturated heterocycles. The highest BCUT2D eigenvalue weighted by Gasteiger charge is 2.28. The summed E-state index contributed by atoms with van der Waals surface area (Å²) < 4.78 is 5.88. The van der Waals surface area contributed by atoms with Gasteiger partial charge in [0.05, 0.1) is 12.7 Å². The second-order valence-electron chi connectivity index (χ2n) is 6.99. The smallest absolute Gasteiger partial charge is 0.208 e. The molecule has 0 unspecified atom stereocenters. The van der Waals surface area contributed by atoms with E-state index in [4.69, 9.17) is 4.42 Å². The number of nitrogens with zero attached hydrogens (tertiary/aromatic N) is 3. The van der Waals surface area contributed by atoms with E-state index in [0.717, 1.165) is 50.4 Å². The van der Waals surface area contributed by atoms with Crippen LogP contribution in [-0.2, 0) is 12.0 Å². The number of oxazole rings is 1. The lowest BCUT2D eigenvalue weighted by Crippen LogP contribution is -2.61. The van der Waals surface area contributed by atoms with Gasteiger partial charge in [-0.25, -0.2) is 4.98 Å². The summed E-state index contributed by atoms with van der Waals surface area (Å²) in [6, 6.07) is 0.770. The van der Waals surface area contributed by atoms with E-state index in [0.29, 0.717) is 0 Å². The van der Waals surface area contributed by atoms with E-state index in [1.807, 2.05) is 6.20 Å². The monoisotopic (exact) mass is 278 g/mol. The molecule has 0 radical (unpaired) electrons. The Hall–Kier alpha value is -0.910. The van der Waals surface area contributed by atoms with Crippen LogP contribution in [0.25, 0.3) is 0 Å². The van der Waals surface area contributed by atoms with Crippen LogP contribution in [0, 0.1) is 0 Å². The lowest BCUT2D eigenvalue weighted by Gasteiger charge is -2.43. The molecule has 0 spiro atoms. The van der Waals surface area contributed by atoms with Gasteiger partial charge in [-0.2, -0.15) is 0 Å². The second kappa shape index (κ2) is 5.47. The minimum absolute atomic E-state index is 0.0428. The van der Waals surface area contributed by atoms with Gasteiger partial charge in [0.2, 0.25) is 5.89 Å². The zero-order valence-corrected chi connectivity index (χ0v) is 12.9. The third-order valence-corrected chi connectivity index (χ3v) is 4.33. The first-order valence-electron chi connectivity index (χ1n) is 7.65. The van der Waals surface area contributed by atoms with E-state index < -0.39 is 0 Å². The Balaban J connectivity index is 1.50. The molecule has 112 valence electrons. The van der Waals surface area contributed by atoms with Crippen molar-refractivity contribution in [1.29, 1.82) is 0 Å². The topological polar surface area (TPSA) is 44.5 Å². The summed E-state index contributed by atoms with van der Waals surface area (Å²) in [4.78, 5) is 9.47. The minimum atomic E-state index is 0.0428. The van der Waals surface area contributed by atoms with Crippen molar-refractivity contribution in [2.75, 3.05) is 39.3 Å². The molecule has 1 N–H and O–H groups in total. The fourth-order valence-electron chi connectivity index (χ4n) is 2.74. The Morgan fingerprint density at radius 3 is 2.45 bits per heavy atom. The molecule has 2 aliphatic heterocycles. The van der Waals surface area contributed by atoms with E-state index in [1.165, 1.54) is 13.1 Å². The van der Waals surface area contributed by atoms with Gasteiger partial charge in [-0.15, -0.1) is 0 Å². The fraction of sp³-hybridized carbons (Fsp3) is 0.800. The molecule has 3 rings (SSSR count). The first kappa shape index (κ1) is 14.0. The molecule has 0 aromatic carbocycles. The summed E-state index contributed by atoms with van der Waals surface area (Å²) in [5.74, 6) is 1.83. The Kier molecular flexibility index (Phi) is 3.84. The molecule has 5 nitrogen and oxygen atoms in total. The van der Waals surface area contributed by atoms with Crippen molar-refractivity contribution in [3.05, 3.63) is 17.8 Å². The Morgan fingerprint density at radius 1 is 1.25 bits per heavy atom. The van der Waals surface area contributed by atoms with Crippen LogP contribution >= 0.6 is 0 Å². The molecule has 1 aromatic heterocycles. The van der Waals surface area contributed by atoms with E-state index >= 15 is 0 Å². The third-order valence-electron chi connectivity index (χ3n) is 4.33. The van der Waals surface area contributed by atoms with Gasteiger partial charge in [0.25, 0.3) is 0 Å². The van der Waals surface area contributed by atoms with Crippen molar-refractivity contribution < 1.29 is 4.42 Å². The summed E-state index contributed by atoms with van der Waals surface area (Å²) in [5, 5.41) is 3.35. The summed E-state index contributed by atoms with van der Waals surface area (Å²) in [7, 11) is 0. The highest BCUT2D eigenvalue weighted by Crippen LogP contribution is 2.23. The maximum absolute atomic E-state index is 5.88. The van der Waals surface area contributed by atoms with Crippen molar-refractivity contribution in [3.8, 4) is 0 Å². The van der Waals surface area contributed by atoms with Crippen LogP contribution in [0.15, 0.2) is 10.6 Å². The quantitative estimate of drug-likeness (QED) is 0.896. The van der Waals surface area contributed by atoms with E-state index in [-0.39, 0.29) is 5.41 Å². The second-order valence-corrected chi connectivity index (χ2v) is 6.99. The first-order valence-corrected chi connectivity index (χ1v) is 7.65. The highest BCUT2D eigenvalue weighted by molar-refractivity contribution is 5.06. The van der Waals surface area contributed by atoms with Crippen LogP contribution in [0.5, 0.6) is 0 Å². The van der Waals surface area contributed by atoms with Crippen LogP contribution < -0.4 is 5.32 Å². The maximum atomic E-state index is 5.88. The third kappa shape index (κ3) is 3.05. The number of rotatable bonds is 3. The van der Waals surface area contributed by atoms with Crippen molar-refractivity contribution in [1.82, 2.24) is 20.1 Å². The number of piperazine rings is 1. The zero-order chi connectivity index (χ0) is 14.2. The molecule has 0 bridgehead atoms. The predicted molar refractivity (Wildman–Crippen MR) is 78.7 cm³/mol. The first-order chi connectivity index (χ1) is 9.52. The number of aromatic nitrogens is 1. The molecule has 2 aliphatic rings. The molecule has 1 aromatic rings. The molecule has 0 saturated carbocycles. The SMILES string of the molecule is CC(C)(C)c1cnc(CN2CCN(C3CNC3)CC2)o1.